The van der Waals surface area contributed by atoms with Gasteiger partial charge in [-0.15, -0.1) is 0 Å². The third-order valence-electron chi connectivity index (χ3n) is 3.63. The van der Waals surface area contributed by atoms with Crippen LogP contribution in [-0.2, 0) is 9.53 Å². The summed E-state index contributed by atoms with van der Waals surface area (Å²) in [6.07, 6.45) is 1.51. The molecule has 1 amide bonds. The van der Waals surface area contributed by atoms with Crippen molar-refractivity contribution in [1.29, 1.82) is 0 Å². The standard InChI is InChI=1S/C17H25NO4/c1-11(2)22-14-8-7-13(10-16(14)20-4)12(3)18-17(19)15-6-5-9-21-15/h7-8,10-12,15H,5-6,9H2,1-4H3,(H,18,19)/t12-,15+/m0/s1. The Labute approximate surface area is 131 Å². The normalized spacial score (nSPS) is 19.0. The van der Waals surface area contributed by atoms with Crippen molar-refractivity contribution in [3.8, 4) is 11.5 Å². The van der Waals surface area contributed by atoms with Crippen molar-refractivity contribution < 1.29 is 19.0 Å². The van der Waals surface area contributed by atoms with Gasteiger partial charge in [0, 0.05) is 6.61 Å². The van der Waals surface area contributed by atoms with Gasteiger partial charge in [-0.05, 0) is 51.3 Å². The van der Waals surface area contributed by atoms with Gasteiger partial charge >= 0.3 is 0 Å². The summed E-state index contributed by atoms with van der Waals surface area (Å²) in [6.45, 7) is 6.56. The van der Waals surface area contributed by atoms with Crippen molar-refractivity contribution in [3.05, 3.63) is 23.8 Å². The van der Waals surface area contributed by atoms with Gasteiger partial charge in [0.15, 0.2) is 11.5 Å². The molecule has 1 aromatic carbocycles. The van der Waals surface area contributed by atoms with Crippen LogP contribution in [0.25, 0.3) is 0 Å². The van der Waals surface area contributed by atoms with Crippen LogP contribution in [0, 0.1) is 0 Å². The van der Waals surface area contributed by atoms with Crippen LogP contribution in [0.4, 0.5) is 0 Å². The highest BCUT2D eigenvalue weighted by Gasteiger charge is 2.25. The highest BCUT2D eigenvalue weighted by Crippen LogP contribution is 2.31. The zero-order valence-corrected chi connectivity index (χ0v) is 13.7. The molecule has 1 aliphatic heterocycles. The summed E-state index contributed by atoms with van der Waals surface area (Å²) >= 11 is 0. The number of hydrogen-bond donors (Lipinski definition) is 1. The predicted molar refractivity (Wildman–Crippen MR) is 84.3 cm³/mol. The van der Waals surface area contributed by atoms with E-state index in [1.54, 1.807) is 7.11 Å². The zero-order valence-electron chi connectivity index (χ0n) is 13.7. The fraction of sp³-hybridized carbons (Fsp3) is 0.588. The molecule has 1 heterocycles. The fourth-order valence-corrected chi connectivity index (χ4v) is 2.48. The summed E-state index contributed by atoms with van der Waals surface area (Å²) in [4.78, 5) is 12.1. The molecule has 1 fully saturated rings. The van der Waals surface area contributed by atoms with E-state index in [4.69, 9.17) is 14.2 Å². The monoisotopic (exact) mass is 307 g/mol. The summed E-state index contributed by atoms with van der Waals surface area (Å²) in [5.74, 6) is 1.33. The molecule has 1 saturated heterocycles. The third-order valence-corrected chi connectivity index (χ3v) is 3.63. The van der Waals surface area contributed by atoms with Crippen LogP contribution in [0.2, 0.25) is 0 Å². The van der Waals surface area contributed by atoms with Gasteiger partial charge in [0.1, 0.15) is 6.10 Å². The molecule has 0 aromatic heterocycles. The van der Waals surface area contributed by atoms with Crippen molar-refractivity contribution in [1.82, 2.24) is 5.32 Å². The van der Waals surface area contributed by atoms with E-state index in [2.05, 4.69) is 5.32 Å². The van der Waals surface area contributed by atoms with E-state index in [1.807, 2.05) is 39.0 Å². The van der Waals surface area contributed by atoms with Gasteiger partial charge in [-0.1, -0.05) is 6.07 Å². The molecule has 1 aromatic rings. The second kappa shape index (κ2) is 7.49. The molecule has 0 unspecified atom stereocenters. The maximum atomic E-state index is 12.1. The highest BCUT2D eigenvalue weighted by atomic mass is 16.5. The van der Waals surface area contributed by atoms with Crippen molar-refractivity contribution >= 4 is 5.91 Å². The number of hydrogen-bond acceptors (Lipinski definition) is 4. The molecular formula is C17H25NO4. The summed E-state index contributed by atoms with van der Waals surface area (Å²) < 4.78 is 16.5. The SMILES string of the molecule is COc1cc([C@H](C)NC(=O)[C@H]2CCCO2)ccc1OC(C)C. The van der Waals surface area contributed by atoms with E-state index in [0.29, 0.717) is 18.1 Å². The molecule has 0 bridgehead atoms. The van der Waals surface area contributed by atoms with Gasteiger partial charge in [0.2, 0.25) is 5.91 Å². The number of rotatable bonds is 6. The summed E-state index contributed by atoms with van der Waals surface area (Å²) in [5.41, 5.74) is 0.972. The first-order chi connectivity index (χ1) is 10.5. The van der Waals surface area contributed by atoms with Crippen LogP contribution in [0.3, 0.4) is 0 Å². The van der Waals surface area contributed by atoms with Crippen LogP contribution < -0.4 is 14.8 Å². The average molecular weight is 307 g/mol. The molecule has 0 saturated carbocycles. The van der Waals surface area contributed by atoms with E-state index in [0.717, 1.165) is 18.4 Å². The first-order valence-electron chi connectivity index (χ1n) is 7.78. The Morgan fingerprint density at radius 1 is 1.32 bits per heavy atom. The fourth-order valence-electron chi connectivity index (χ4n) is 2.48. The minimum atomic E-state index is -0.312. The van der Waals surface area contributed by atoms with E-state index in [9.17, 15) is 4.79 Å². The lowest BCUT2D eigenvalue weighted by Crippen LogP contribution is -2.35. The Bertz CT molecular complexity index is 509. The van der Waals surface area contributed by atoms with Crippen LogP contribution in [0.15, 0.2) is 18.2 Å². The summed E-state index contributed by atoms with van der Waals surface area (Å²) in [6, 6.07) is 5.61. The van der Waals surface area contributed by atoms with Gasteiger partial charge in [0.05, 0.1) is 19.3 Å². The first kappa shape index (κ1) is 16.6. The van der Waals surface area contributed by atoms with Gasteiger partial charge in [0.25, 0.3) is 0 Å². The number of carbonyl (C=O) groups excluding carboxylic acids is 1. The zero-order chi connectivity index (χ0) is 16.1. The van der Waals surface area contributed by atoms with Crippen molar-refractivity contribution in [3.63, 3.8) is 0 Å². The van der Waals surface area contributed by atoms with Gasteiger partial charge in [-0.2, -0.15) is 0 Å². The summed E-state index contributed by atoms with van der Waals surface area (Å²) in [5, 5.41) is 2.99. The van der Waals surface area contributed by atoms with Crippen LogP contribution in [0.1, 0.15) is 45.2 Å². The minimum Gasteiger partial charge on any atom is -0.493 e. The molecule has 122 valence electrons. The highest BCUT2D eigenvalue weighted by molar-refractivity contribution is 5.81. The average Bonchev–Trinajstić information content (AvgIpc) is 3.01. The Kier molecular flexibility index (Phi) is 5.66. The van der Waals surface area contributed by atoms with E-state index >= 15 is 0 Å². The van der Waals surface area contributed by atoms with Crippen LogP contribution in [-0.4, -0.2) is 31.8 Å². The van der Waals surface area contributed by atoms with E-state index < -0.39 is 0 Å². The molecule has 1 N–H and O–H groups in total. The Balaban J connectivity index is 2.05. The number of methoxy groups -OCH3 is 1. The Hall–Kier alpha value is -1.75. The number of amides is 1. The largest absolute Gasteiger partial charge is 0.493 e. The summed E-state index contributed by atoms with van der Waals surface area (Å²) in [7, 11) is 1.61. The number of ether oxygens (including phenoxy) is 3. The van der Waals surface area contributed by atoms with Gasteiger partial charge in [-0.25, -0.2) is 0 Å². The lowest BCUT2D eigenvalue weighted by atomic mass is 10.1. The third kappa shape index (κ3) is 4.13. The molecule has 22 heavy (non-hydrogen) atoms. The first-order valence-corrected chi connectivity index (χ1v) is 7.78. The second-order valence-electron chi connectivity index (χ2n) is 5.81. The molecule has 5 heteroatoms. The van der Waals surface area contributed by atoms with Crippen molar-refractivity contribution in [2.24, 2.45) is 0 Å². The lowest BCUT2D eigenvalue weighted by Gasteiger charge is -2.19. The van der Waals surface area contributed by atoms with Gasteiger partial charge < -0.3 is 19.5 Å². The smallest absolute Gasteiger partial charge is 0.249 e. The minimum absolute atomic E-state index is 0.0496. The molecule has 1 aliphatic rings. The van der Waals surface area contributed by atoms with Crippen LogP contribution >= 0.6 is 0 Å². The maximum Gasteiger partial charge on any atom is 0.249 e. The predicted octanol–water partition coefficient (Wildman–Crippen LogP) is 2.84. The number of carbonyl (C=O) groups is 1. The quantitative estimate of drug-likeness (QED) is 0.878. The Morgan fingerprint density at radius 2 is 2.09 bits per heavy atom. The molecule has 2 atom stereocenters. The number of nitrogens with one attached hydrogen (secondary N) is 1. The second-order valence-corrected chi connectivity index (χ2v) is 5.81. The molecule has 0 aliphatic carbocycles. The molecule has 2 rings (SSSR count). The topological polar surface area (TPSA) is 56.8 Å². The van der Waals surface area contributed by atoms with Gasteiger partial charge in [-0.3, -0.25) is 4.79 Å². The molecular weight excluding hydrogens is 282 g/mol. The molecule has 0 radical (unpaired) electrons. The van der Waals surface area contributed by atoms with Crippen LogP contribution in [0.5, 0.6) is 11.5 Å². The Morgan fingerprint density at radius 3 is 2.68 bits per heavy atom. The van der Waals surface area contributed by atoms with E-state index in [1.165, 1.54) is 0 Å². The lowest BCUT2D eigenvalue weighted by molar-refractivity contribution is -0.130. The van der Waals surface area contributed by atoms with Crippen molar-refractivity contribution in [2.75, 3.05) is 13.7 Å². The number of benzene rings is 1. The molecule has 5 nitrogen and oxygen atoms in total. The van der Waals surface area contributed by atoms with Crippen molar-refractivity contribution in [2.45, 2.75) is 51.9 Å². The molecule has 0 spiro atoms. The maximum absolute atomic E-state index is 12.1. The van der Waals surface area contributed by atoms with E-state index in [-0.39, 0.29) is 24.2 Å².